The van der Waals surface area contributed by atoms with Gasteiger partial charge >= 0.3 is 0 Å². The summed E-state index contributed by atoms with van der Waals surface area (Å²) in [4.78, 5) is 3.05. The molecule has 0 amide bonds. The number of nitrogens with one attached hydrogen (secondary N) is 2. The number of pyridine rings is 1. The van der Waals surface area contributed by atoms with Crippen molar-refractivity contribution in [2.24, 2.45) is 0 Å². The van der Waals surface area contributed by atoms with Crippen LogP contribution in [0.15, 0.2) is 6.07 Å². The summed E-state index contributed by atoms with van der Waals surface area (Å²) in [5.74, 6) is -1.60. The normalized spacial score (nSPS) is 14.5. The highest BCUT2D eigenvalue weighted by atomic mass is 19.1. The Morgan fingerprint density at radius 3 is 2.83 bits per heavy atom. The molecule has 0 aromatic carbocycles. The fourth-order valence-electron chi connectivity index (χ4n) is 1.18. The number of anilines is 2. The van der Waals surface area contributed by atoms with Gasteiger partial charge in [0.1, 0.15) is 5.69 Å². The molecule has 64 valence electrons. The molecule has 0 saturated heterocycles. The van der Waals surface area contributed by atoms with E-state index >= 15 is 0 Å². The lowest BCUT2D eigenvalue weighted by molar-refractivity contribution is 0.515. The summed E-state index contributed by atoms with van der Waals surface area (Å²) < 4.78 is 25.4. The molecule has 0 saturated carbocycles. The first-order valence-corrected chi connectivity index (χ1v) is 3.61. The third kappa shape index (κ3) is 1.07. The third-order valence-electron chi connectivity index (χ3n) is 1.69. The van der Waals surface area contributed by atoms with Gasteiger partial charge in [-0.05, 0) is 0 Å². The van der Waals surface area contributed by atoms with Crippen LogP contribution in [0.1, 0.15) is 0 Å². The minimum atomic E-state index is -0.803. The molecular weight excluding hydrogens is 164 g/mol. The van der Waals surface area contributed by atoms with E-state index in [1.54, 1.807) is 0 Å². The van der Waals surface area contributed by atoms with E-state index < -0.39 is 11.9 Å². The van der Waals surface area contributed by atoms with Crippen molar-refractivity contribution >= 4 is 11.4 Å². The lowest BCUT2D eigenvalue weighted by Crippen LogP contribution is -2.22. The minimum absolute atomic E-state index is 0.252. The zero-order valence-electron chi connectivity index (χ0n) is 6.19. The van der Waals surface area contributed by atoms with Gasteiger partial charge in [0.25, 0.3) is 0 Å². The van der Waals surface area contributed by atoms with Crippen molar-refractivity contribution in [2.75, 3.05) is 23.7 Å². The molecule has 3 nitrogen and oxygen atoms in total. The number of fused-ring (bicyclic) bond motifs is 1. The van der Waals surface area contributed by atoms with Crippen molar-refractivity contribution in [1.82, 2.24) is 4.98 Å². The third-order valence-corrected chi connectivity index (χ3v) is 1.69. The molecule has 0 aliphatic carbocycles. The van der Waals surface area contributed by atoms with Crippen LogP contribution in [-0.4, -0.2) is 18.1 Å². The Hall–Kier alpha value is -1.39. The molecule has 2 heterocycles. The van der Waals surface area contributed by atoms with Gasteiger partial charge in [-0.2, -0.15) is 13.8 Å². The minimum Gasteiger partial charge on any atom is -0.381 e. The van der Waals surface area contributed by atoms with Crippen molar-refractivity contribution < 1.29 is 8.78 Å². The second-order valence-corrected chi connectivity index (χ2v) is 2.51. The number of halogens is 2. The molecule has 2 rings (SSSR count). The van der Waals surface area contributed by atoms with Crippen LogP contribution in [-0.2, 0) is 0 Å². The Morgan fingerprint density at radius 2 is 2.00 bits per heavy atom. The molecule has 1 aromatic rings. The van der Waals surface area contributed by atoms with Crippen molar-refractivity contribution in [1.29, 1.82) is 0 Å². The molecule has 1 aliphatic heterocycles. The molecule has 0 fully saturated rings. The summed E-state index contributed by atoms with van der Waals surface area (Å²) in [5.41, 5.74) is 0.689. The molecule has 1 aromatic heterocycles. The summed E-state index contributed by atoms with van der Waals surface area (Å²) in [7, 11) is 0. The highest BCUT2D eigenvalue weighted by Crippen LogP contribution is 2.26. The number of nitrogens with zero attached hydrogens (tertiary/aromatic N) is 1. The van der Waals surface area contributed by atoms with Crippen LogP contribution in [0.5, 0.6) is 0 Å². The van der Waals surface area contributed by atoms with E-state index in [0.29, 0.717) is 18.8 Å². The Morgan fingerprint density at radius 1 is 1.25 bits per heavy atom. The predicted octanol–water partition coefficient (Wildman–Crippen LogP) is 1.20. The van der Waals surface area contributed by atoms with Gasteiger partial charge in [-0.3, -0.25) is 0 Å². The van der Waals surface area contributed by atoms with Gasteiger partial charge < -0.3 is 10.6 Å². The zero-order valence-corrected chi connectivity index (χ0v) is 6.19. The molecule has 2 N–H and O–H groups in total. The molecule has 0 spiro atoms. The van der Waals surface area contributed by atoms with E-state index in [1.807, 2.05) is 0 Å². The van der Waals surface area contributed by atoms with Crippen LogP contribution < -0.4 is 10.6 Å². The van der Waals surface area contributed by atoms with Gasteiger partial charge in [-0.1, -0.05) is 0 Å². The summed E-state index contributed by atoms with van der Waals surface area (Å²) in [5, 5.41) is 5.65. The van der Waals surface area contributed by atoms with Crippen molar-refractivity contribution in [2.45, 2.75) is 0 Å². The van der Waals surface area contributed by atoms with Gasteiger partial charge in [-0.15, -0.1) is 0 Å². The van der Waals surface area contributed by atoms with Crippen LogP contribution in [0.25, 0.3) is 0 Å². The van der Waals surface area contributed by atoms with Gasteiger partial charge in [0.2, 0.25) is 11.9 Å². The van der Waals surface area contributed by atoms with Gasteiger partial charge in [0, 0.05) is 19.2 Å². The number of hydrogen-bond donors (Lipinski definition) is 2. The first-order chi connectivity index (χ1) is 5.77. The lowest BCUT2D eigenvalue weighted by Gasteiger charge is -2.19. The summed E-state index contributed by atoms with van der Waals surface area (Å²) in [6, 6.07) is 1.17. The van der Waals surface area contributed by atoms with Crippen LogP contribution in [0.2, 0.25) is 0 Å². The van der Waals surface area contributed by atoms with E-state index in [4.69, 9.17) is 0 Å². The molecule has 0 atom stereocenters. The van der Waals surface area contributed by atoms with Gasteiger partial charge in [-0.25, -0.2) is 0 Å². The fourth-order valence-corrected chi connectivity index (χ4v) is 1.18. The first kappa shape index (κ1) is 7.27. The van der Waals surface area contributed by atoms with Crippen LogP contribution in [0.4, 0.5) is 20.2 Å². The molecule has 12 heavy (non-hydrogen) atoms. The maximum absolute atomic E-state index is 12.9. The van der Waals surface area contributed by atoms with Crippen molar-refractivity contribution in [3.05, 3.63) is 18.0 Å². The Labute approximate surface area is 67.8 Å². The van der Waals surface area contributed by atoms with E-state index in [0.717, 1.165) is 0 Å². The molecule has 0 radical (unpaired) electrons. The van der Waals surface area contributed by atoms with Gasteiger partial charge in [0.05, 0.1) is 5.69 Å². The monoisotopic (exact) mass is 171 g/mol. The Bertz CT molecular complexity index is 314. The number of hydrogen-bond acceptors (Lipinski definition) is 3. The molecule has 5 heteroatoms. The average molecular weight is 171 g/mol. The van der Waals surface area contributed by atoms with Crippen molar-refractivity contribution in [3.8, 4) is 0 Å². The van der Waals surface area contributed by atoms with Crippen LogP contribution in [0.3, 0.4) is 0 Å². The maximum Gasteiger partial charge on any atom is 0.241 e. The average Bonchev–Trinajstić information content (AvgIpc) is 2.04. The fraction of sp³-hybridized carbons (Fsp3) is 0.286. The summed E-state index contributed by atoms with van der Waals surface area (Å²) in [6.45, 7) is 1.28. The zero-order chi connectivity index (χ0) is 8.55. The smallest absolute Gasteiger partial charge is 0.241 e. The predicted molar refractivity (Wildman–Crippen MR) is 41.1 cm³/mol. The largest absolute Gasteiger partial charge is 0.381 e. The summed E-state index contributed by atoms with van der Waals surface area (Å²) in [6.07, 6.45) is 0. The van der Waals surface area contributed by atoms with Crippen LogP contribution in [0, 0.1) is 11.9 Å². The standard InChI is InChI=1S/C7H7F2N3/c8-5-3-4-6(7(9)12-5)11-2-1-10-4/h3,10-11H,1-2H2. The number of aromatic nitrogens is 1. The quantitative estimate of drug-likeness (QED) is 0.576. The highest BCUT2D eigenvalue weighted by molar-refractivity contribution is 5.69. The second-order valence-electron chi connectivity index (χ2n) is 2.51. The van der Waals surface area contributed by atoms with E-state index in [2.05, 4.69) is 15.6 Å². The molecule has 0 bridgehead atoms. The van der Waals surface area contributed by atoms with Crippen LogP contribution >= 0.6 is 0 Å². The summed E-state index contributed by atoms with van der Waals surface area (Å²) >= 11 is 0. The molecule has 1 aliphatic rings. The molecule has 0 unspecified atom stereocenters. The Kier molecular flexibility index (Phi) is 1.56. The Balaban J connectivity index is 2.53. The number of rotatable bonds is 0. The van der Waals surface area contributed by atoms with E-state index in [-0.39, 0.29) is 5.69 Å². The SMILES string of the molecule is Fc1cc2c(c(F)n1)NCCN2. The topological polar surface area (TPSA) is 37.0 Å². The second kappa shape index (κ2) is 2.58. The van der Waals surface area contributed by atoms with E-state index in [9.17, 15) is 8.78 Å². The van der Waals surface area contributed by atoms with Crippen molar-refractivity contribution in [3.63, 3.8) is 0 Å². The first-order valence-electron chi connectivity index (χ1n) is 3.61. The highest BCUT2D eigenvalue weighted by Gasteiger charge is 2.14. The molecular formula is C7H7F2N3. The maximum atomic E-state index is 12.9. The lowest BCUT2D eigenvalue weighted by atomic mass is 10.3. The van der Waals surface area contributed by atoms with Gasteiger partial charge in [0.15, 0.2) is 0 Å². The van der Waals surface area contributed by atoms with E-state index in [1.165, 1.54) is 6.07 Å².